The second-order valence-electron chi connectivity index (χ2n) is 7.41. The number of rotatable bonds is 4. The first-order chi connectivity index (χ1) is 7.74. The van der Waals surface area contributed by atoms with Crippen molar-refractivity contribution < 1.29 is 14.3 Å². The lowest BCUT2D eigenvalue weighted by Gasteiger charge is -2.50. The second-order valence-corrected chi connectivity index (χ2v) is 12.7. The Hall–Kier alpha value is -0.193. The number of aliphatic hydroxyl groups excluding tert-OH is 1. The average Bonchev–Trinajstić information content (AvgIpc) is 2.12. The van der Waals surface area contributed by atoms with Crippen LogP contribution in [0.15, 0.2) is 0 Å². The van der Waals surface area contributed by atoms with Gasteiger partial charge >= 0.3 is 0 Å². The number of carbonyl (C=O) groups is 1. The number of aliphatic hydroxyl groups is 1. The molecule has 0 aromatic heterocycles. The van der Waals surface area contributed by atoms with Gasteiger partial charge in [-0.05, 0) is 30.5 Å². The van der Waals surface area contributed by atoms with Crippen LogP contribution in [0.4, 0.5) is 0 Å². The van der Waals surface area contributed by atoms with E-state index in [1.807, 2.05) is 0 Å². The molecule has 0 amide bonds. The molecule has 0 bridgehead atoms. The summed E-state index contributed by atoms with van der Waals surface area (Å²) in [5.41, 5.74) is 0. The number of carbonyl (C=O) groups excluding carboxylic acids is 1. The van der Waals surface area contributed by atoms with Crippen molar-refractivity contribution in [2.75, 3.05) is 0 Å². The van der Waals surface area contributed by atoms with Crippen molar-refractivity contribution in [3.05, 3.63) is 0 Å². The van der Waals surface area contributed by atoms with Crippen LogP contribution in [0.2, 0.25) is 16.6 Å². The molecule has 0 radical (unpaired) electrons. The van der Waals surface area contributed by atoms with Crippen LogP contribution < -0.4 is 0 Å². The van der Waals surface area contributed by atoms with E-state index in [0.29, 0.717) is 0 Å². The van der Waals surface area contributed by atoms with E-state index in [2.05, 4.69) is 48.1 Å². The summed E-state index contributed by atoms with van der Waals surface area (Å²) in [6.07, 6.45) is -1.47. The Kier molecular flexibility index (Phi) is 5.37. The maximum Gasteiger partial charge on any atom is 0.200 e. The zero-order chi connectivity index (χ0) is 14.9. The lowest BCUT2D eigenvalue weighted by molar-refractivity contribution is -0.129. The van der Waals surface area contributed by atoms with Crippen LogP contribution >= 0.6 is 0 Å². The van der Waals surface area contributed by atoms with Crippen LogP contribution in [0.25, 0.3) is 0 Å². The highest BCUT2D eigenvalue weighted by Gasteiger charge is 2.52. The Morgan fingerprint density at radius 3 is 1.67 bits per heavy atom. The maximum atomic E-state index is 11.3. The highest BCUT2D eigenvalue weighted by atomic mass is 28.4. The van der Waals surface area contributed by atoms with Crippen molar-refractivity contribution >= 4 is 14.1 Å². The molecule has 0 unspecified atom stereocenters. The van der Waals surface area contributed by atoms with Gasteiger partial charge in [0.15, 0.2) is 5.78 Å². The first-order valence-corrected chi connectivity index (χ1v) is 9.01. The summed E-state index contributed by atoms with van der Waals surface area (Å²) in [6, 6.07) is 0. The standard InChI is InChI=1S/C14H30O3Si/c1-10(15)12(16)11(2)17-18(9,13(3,4)5)14(6,7)8/h11-12,16H,1-9H3/t11-,12-/m0/s1. The smallest absolute Gasteiger partial charge is 0.200 e. The number of ketones is 1. The van der Waals surface area contributed by atoms with Crippen LogP contribution in [0.3, 0.4) is 0 Å². The lowest BCUT2D eigenvalue weighted by Crippen LogP contribution is -2.55. The largest absolute Gasteiger partial charge is 0.410 e. The summed E-state index contributed by atoms with van der Waals surface area (Å²) >= 11 is 0. The van der Waals surface area contributed by atoms with E-state index in [-0.39, 0.29) is 15.9 Å². The minimum atomic E-state index is -2.14. The molecule has 3 nitrogen and oxygen atoms in total. The van der Waals surface area contributed by atoms with E-state index in [4.69, 9.17) is 4.43 Å². The normalized spacial score (nSPS) is 17.4. The fourth-order valence-corrected chi connectivity index (χ4v) is 6.07. The number of Topliss-reactive ketones (excluding diaryl/α,β-unsaturated/α-hetero) is 1. The summed E-state index contributed by atoms with van der Waals surface area (Å²) in [5, 5.41) is 9.91. The Morgan fingerprint density at radius 1 is 1.11 bits per heavy atom. The van der Waals surface area contributed by atoms with E-state index in [0.717, 1.165) is 0 Å². The van der Waals surface area contributed by atoms with Gasteiger partial charge in [-0.2, -0.15) is 0 Å². The fourth-order valence-electron chi connectivity index (χ4n) is 2.25. The molecule has 0 aromatic carbocycles. The summed E-state index contributed by atoms with van der Waals surface area (Å²) in [5.74, 6) is -0.235. The van der Waals surface area contributed by atoms with Gasteiger partial charge in [0, 0.05) is 0 Å². The van der Waals surface area contributed by atoms with Crippen molar-refractivity contribution in [3.8, 4) is 0 Å². The number of hydrogen-bond acceptors (Lipinski definition) is 3. The molecule has 2 atom stereocenters. The topological polar surface area (TPSA) is 46.5 Å². The minimum Gasteiger partial charge on any atom is -0.410 e. The zero-order valence-electron chi connectivity index (χ0n) is 13.4. The third kappa shape index (κ3) is 3.65. The molecule has 0 saturated heterocycles. The second kappa shape index (κ2) is 5.43. The third-order valence-electron chi connectivity index (χ3n) is 4.15. The molecule has 18 heavy (non-hydrogen) atoms. The monoisotopic (exact) mass is 274 g/mol. The molecule has 0 spiro atoms. The summed E-state index contributed by atoms with van der Waals surface area (Å²) in [6.45, 7) is 18.4. The van der Waals surface area contributed by atoms with Crippen LogP contribution in [0, 0.1) is 0 Å². The Labute approximate surface area is 113 Å². The van der Waals surface area contributed by atoms with Gasteiger partial charge in [-0.3, -0.25) is 4.79 Å². The molecular weight excluding hydrogens is 244 g/mol. The third-order valence-corrected chi connectivity index (χ3v) is 10.7. The van der Waals surface area contributed by atoms with Gasteiger partial charge in [0.25, 0.3) is 0 Å². The van der Waals surface area contributed by atoms with E-state index in [1.54, 1.807) is 6.92 Å². The predicted molar refractivity (Wildman–Crippen MR) is 78.3 cm³/mol. The van der Waals surface area contributed by atoms with E-state index < -0.39 is 20.5 Å². The minimum absolute atomic E-state index is 0.0377. The van der Waals surface area contributed by atoms with Crippen molar-refractivity contribution in [3.63, 3.8) is 0 Å². The van der Waals surface area contributed by atoms with Crippen molar-refractivity contribution in [2.24, 2.45) is 0 Å². The molecule has 0 aliphatic carbocycles. The maximum absolute atomic E-state index is 11.3. The summed E-state index contributed by atoms with van der Waals surface area (Å²) in [7, 11) is -2.14. The van der Waals surface area contributed by atoms with Gasteiger partial charge in [0.1, 0.15) is 6.10 Å². The average molecular weight is 274 g/mol. The van der Waals surface area contributed by atoms with Crippen LogP contribution in [-0.4, -0.2) is 31.4 Å². The SMILES string of the molecule is CC(=O)[C@H](O)[C@H](C)O[Si](C)(C(C)(C)C)C(C)(C)C. The Balaban J connectivity index is 5.24. The van der Waals surface area contributed by atoms with E-state index >= 15 is 0 Å². The molecule has 0 aromatic rings. The van der Waals surface area contributed by atoms with Crippen LogP contribution in [0.1, 0.15) is 55.4 Å². The molecule has 0 rings (SSSR count). The van der Waals surface area contributed by atoms with Gasteiger partial charge in [-0.1, -0.05) is 41.5 Å². The van der Waals surface area contributed by atoms with E-state index in [9.17, 15) is 9.90 Å². The van der Waals surface area contributed by atoms with Crippen molar-refractivity contribution in [1.82, 2.24) is 0 Å². The van der Waals surface area contributed by atoms with E-state index in [1.165, 1.54) is 6.92 Å². The van der Waals surface area contributed by atoms with Crippen LogP contribution in [-0.2, 0) is 9.22 Å². The van der Waals surface area contributed by atoms with Gasteiger partial charge in [-0.25, -0.2) is 0 Å². The zero-order valence-corrected chi connectivity index (χ0v) is 14.4. The van der Waals surface area contributed by atoms with Crippen molar-refractivity contribution in [1.29, 1.82) is 0 Å². The predicted octanol–water partition coefficient (Wildman–Crippen LogP) is 3.52. The van der Waals surface area contributed by atoms with Gasteiger partial charge in [-0.15, -0.1) is 0 Å². The molecule has 1 N–H and O–H groups in total. The molecule has 0 fully saturated rings. The van der Waals surface area contributed by atoms with Crippen molar-refractivity contribution in [2.45, 2.75) is 84.2 Å². The fraction of sp³-hybridized carbons (Fsp3) is 0.929. The van der Waals surface area contributed by atoms with Gasteiger partial charge in [0.2, 0.25) is 8.32 Å². The van der Waals surface area contributed by atoms with Crippen LogP contribution in [0.5, 0.6) is 0 Å². The lowest BCUT2D eigenvalue weighted by atomic mass is 10.2. The number of hydrogen-bond donors (Lipinski definition) is 1. The summed E-state index contributed by atoms with van der Waals surface area (Å²) < 4.78 is 6.26. The Bertz CT molecular complexity index is 285. The van der Waals surface area contributed by atoms with Gasteiger partial charge in [0.05, 0.1) is 6.10 Å². The quantitative estimate of drug-likeness (QED) is 0.798. The first kappa shape index (κ1) is 17.8. The Morgan fingerprint density at radius 2 is 1.44 bits per heavy atom. The molecular formula is C14H30O3Si. The molecule has 4 heteroatoms. The molecule has 108 valence electrons. The summed E-state index contributed by atoms with van der Waals surface area (Å²) in [4.78, 5) is 11.3. The van der Waals surface area contributed by atoms with Gasteiger partial charge < -0.3 is 9.53 Å². The highest BCUT2D eigenvalue weighted by molar-refractivity contribution is 6.78. The molecule has 0 heterocycles. The molecule has 0 aliphatic heterocycles. The molecule has 0 saturated carbocycles. The molecule has 0 aliphatic rings. The first-order valence-electron chi connectivity index (χ1n) is 6.60. The highest BCUT2D eigenvalue weighted by Crippen LogP contribution is 2.52.